The van der Waals surface area contributed by atoms with Crippen molar-refractivity contribution in [2.75, 3.05) is 7.05 Å². The van der Waals surface area contributed by atoms with Crippen LogP contribution >= 0.6 is 15.9 Å². The quantitative estimate of drug-likeness (QED) is 0.884. The van der Waals surface area contributed by atoms with Gasteiger partial charge < -0.3 is 5.32 Å². The summed E-state index contributed by atoms with van der Waals surface area (Å²) >= 11 is 3.44. The van der Waals surface area contributed by atoms with Gasteiger partial charge in [0, 0.05) is 10.5 Å². The van der Waals surface area contributed by atoms with Crippen LogP contribution in [-0.2, 0) is 0 Å². The third-order valence-corrected chi connectivity index (χ3v) is 3.91. The van der Waals surface area contributed by atoms with E-state index < -0.39 is 11.6 Å². The first-order valence-corrected chi connectivity index (χ1v) is 6.70. The maximum Gasteiger partial charge on any atom is 0.126 e. The third-order valence-electron chi connectivity index (χ3n) is 3.02. The Morgan fingerprint density at radius 3 is 2.16 bits per heavy atom. The summed E-state index contributed by atoms with van der Waals surface area (Å²) in [4.78, 5) is 0. The Balaban J connectivity index is 2.46. The number of nitrogens with one attached hydrogen (secondary N) is 1. The molecule has 0 heterocycles. The van der Waals surface area contributed by atoms with Crippen molar-refractivity contribution in [1.82, 2.24) is 5.32 Å². The topological polar surface area (TPSA) is 12.0 Å². The van der Waals surface area contributed by atoms with Crippen molar-refractivity contribution >= 4 is 15.9 Å². The zero-order valence-electron chi connectivity index (χ0n) is 10.7. The molecule has 4 heteroatoms. The summed E-state index contributed by atoms with van der Waals surface area (Å²) in [7, 11) is 1.77. The maximum absolute atomic E-state index is 13.3. The lowest BCUT2D eigenvalue weighted by molar-refractivity contribution is 0.571. The highest BCUT2D eigenvalue weighted by molar-refractivity contribution is 9.10. The molecule has 100 valence electrons. The number of halogens is 3. The zero-order chi connectivity index (χ0) is 14.0. The van der Waals surface area contributed by atoms with Crippen molar-refractivity contribution in [3.05, 3.63) is 69.2 Å². The first kappa shape index (κ1) is 14.2. The Bertz CT molecular complexity index is 578. The Labute approximate surface area is 119 Å². The highest BCUT2D eigenvalue weighted by Crippen LogP contribution is 2.26. The highest BCUT2D eigenvalue weighted by Gasteiger charge is 2.14. The molecular formula is C15H14BrF2N. The molecule has 0 amide bonds. The molecule has 19 heavy (non-hydrogen) atoms. The van der Waals surface area contributed by atoms with Crippen molar-refractivity contribution in [3.8, 4) is 0 Å². The van der Waals surface area contributed by atoms with E-state index in [1.165, 1.54) is 12.1 Å². The fourth-order valence-corrected chi connectivity index (χ4v) is 2.36. The summed E-state index contributed by atoms with van der Waals surface area (Å²) in [6, 6.07) is 9.20. The fraction of sp³-hybridized carbons (Fsp3) is 0.200. The van der Waals surface area contributed by atoms with Crippen LogP contribution < -0.4 is 5.32 Å². The van der Waals surface area contributed by atoms with Gasteiger partial charge in [0.15, 0.2) is 0 Å². The fourth-order valence-electron chi connectivity index (χ4n) is 2.12. The van der Waals surface area contributed by atoms with E-state index in [-0.39, 0.29) is 6.04 Å². The van der Waals surface area contributed by atoms with Gasteiger partial charge in [-0.3, -0.25) is 0 Å². The number of rotatable bonds is 3. The maximum atomic E-state index is 13.3. The summed E-state index contributed by atoms with van der Waals surface area (Å²) in [6.07, 6.45) is 0. The molecular weight excluding hydrogens is 312 g/mol. The second-order valence-electron chi connectivity index (χ2n) is 4.43. The van der Waals surface area contributed by atoms with Gasteiger partial charge in [-0.05, 0) is 48.9 Å². The van der Waals surface area contributed by atoms with Crippen LogP contribution in [0.15, 0.2) is 40.9 Å². The van der Waals surface area contributed by atoms with E-state index in [4.69, 9.17) is 0 Å². The van der Waals surface area contributed by atoms with Gasteiger partial charge >= 0.3 is 0 Å². The van der Waals surface area contributed by atoms with E-state index in [0.717, 1.165) is 21.7 Å². The van der Waals surface area contributed by atoms with Gasteiger partial charge in [0.05, 0.1) is 6.04 Å². The third kappa shape index (κ3) is 3.19. The molecule has 0 saturated heterocycles. The van der Waals surface area contributed by atoms with E-state index in [0.29, 0.717) is 5.56 Å². The molecule has 1 nitrogen and oxygen atoms in total. The Hall–Kier alpha value is -1.26. The van der Waals surface area contributed by atoms with Gasteiger partial charge in [-0.15, -0.1) is 0 Å². The van der Waals surface area contributed by atoms with E-state index in [1.54, 1.807) is 7.05 Å². The molecule has 0 bridgehead atoms. The average Bonchev–Trinajstić information content (AvgIpc) is 2.33. The standard InChI is InChI=1S/C15H14BrF2N/c1-9-5-10(3-4-14(9)16)15(19-2)11-6-12(17)8-13(18)7-11/h3-8,15,19H,1-2H3. The van der Waals surface area contributed by atoms with Gasteiger partial charge in [0.1, 0.15) is 11.6 Å². The van der Waals surface area contributed by atoms with Crippen LogP contribution in [-0.4, -0.2) is 7.05 Å². The van der Waals surface area contributed by atoms with Crippen LogP contribution in [0, 0.1) is 18.6 Å². The molecule has 2 aromatic carbocycles. The first-order valence-electron chi connectivity index (χ1n) is 5.90. The molecule has 0 aromatic heterocycles. The van der Waals surface area contributed by atoms with Gasteiger partial charge in [-0.2, -0.15) is 0 Å². The second-order valence-corrected chi connectivity index (χ2v) is 5.29. The van der Waals surface area contributed by atoms with Gasteiger partial charge in [-0.25, -0.2) is 8.78 Å². The monoisotopic (exact) mass is 325 g/mol. The lowest BCUT2D eigenvalue weighted by atomic mass is 9.97. The van der Waals surface area contributed by atoms with Crippen LogP contribution in [0.5, 0.6) is 0 Å². The summed E-state index contributed by atoms with van der Waals surface area (Å²) in [5.74, 6) is -1.13. The summed E-state index contributed by atoms with van der Waals surface area (Å²) in [5, 5.41) is 3.09. The molecule has 1 unspecified atom stereocenters. The van der Waals surface area contributed by atoms with Crippen molar-refractivity contribution in [3.63, 3.8) is 0 Å². The van der Waals surface area contributed by atoms with E-state index in [2.05, 4.69) is 21.2 Å². The van der Waals surface area contributed by atoms with Crippen molar-refractivity contribution in [2.45, 2.75) is 13.0 Å². The van der Waals surface area contributed by atoms with E-state index >= 15 is 0 Å². The van der Waals surface area contributed by atoms with E-state index in [9.17, 15) is 8.78 Å². The van der Waals surface area contributed by atoms with Crippen molar-refractivity contribution in [1.29, 1.82) is 0 Å². The van der Waals surface area contributed by atoms with Crippen LogP contribution in [0.2, 0.25) is 0 Å². The molecule has 0 spiro atoms. The molecule has 2 aromatic rings. The molecule has 0 aliphatic heterocycles. The first-order chi connectivity index (χ1) is 9.01. The number of hydrogen-bond acceptors (Lipinski definition) is 1. The lowest BCUT2D eigenvalue weighted by Crippen LogP contribution is -2.18. The smallest absolute Gasteiger partial charge is 0.126 e. The molecule has 1 atom stereocenters. The SMILES string of the molecule is CNC(c1cc(F)cc(F)c1)c1ccc(Br)c(C)c1. The molecule has 0 saturated carbocycles. The average molecular weight is 326 g/mol. The van der Waals surface area contributed by atoms with Crippen molar-refractivity contribution in [2.24, 2.45) is 0 Å². The summed E-state index contributed by atoms with van der Waals surface area (Å²) in [6.45, 7) is 1.98. The van der Waals surface area contributed by atoms with Crippen LogP contribution in [0.4, 0.5) is 8.78 Å². The van der Waals surface area contributed by atoms with Gasteiger partial charge in [0.25, 0.3) is 0 Å². The molecule has 0 aliphatic rings. The lowest BCUT2D eigenvalue weighted by Gasteiger charge is -2.18. The number of benzene rings is 2. The van der Waals surface area contributed by atoms with Crippen molar-refractivity contribution < 1.29 is 8.78 Å². The highest BCUT2D eigenvalue weighted by atomic mass is 79.9. The minimum atomic E-state index is -0.566. The Morgan fingerprint density at radius 1 is 1.00 bits per heavy atom. The Kier molecular flexibility index (Phi) is 4.32. The number of aryl methyl sites for hydroxylation is 1. The van der Waals surface area contributed by atoms with E-state index in [1.807, 2.05) is 25.1 Å². The van der Waals surface area contributed by atoms with Gasteiger partial charge in [-0.1, -0.05) is 28.1 Å². The zero-order valence-corrected chi connectivity index (χ0v) is 12.3. The predicted octanol–water partition coefficient (Wildman–Crippen LogP) is 4.34. The summed E-state index contributed by atoms with van der Waals surface area (Å²) < 4.78 is 27.6. The van der Waals surface area contributed by atoms with Crippen LogP contribution in [0.1, 0.15) is 22.7 Å². The van der Waals surface area contributed by atoms with Gasteiger partial charge in [0.2, 0.25) is 0 Å². The molecule has 2 rings (SSSR count). The molecule has 0 aliphatic carbocycles. The molecule has 0 radical (unpaired) electrons. The Morgan fingerprint density at radius 2 is 1.63 bits per heavy atom. The minimum Gasteiger partial charge on any atom is -0.309 e. The van der Waals surface area contributed by atoms with Crippen LogP contribution in [0.3, 0.4) is 0 Å². The molecule has 0 fully saturated rings. The van der Waals surface area contributed by atoms with Crippen LogP contribution in [0.25, 0.3) is 0 Å². The summed E-state index contributed by atoms with van der Waals surface area (Å²) in [5.41, 5.74) is 2.62. The normalized spacial score (nSPS) is 12.5. The largest absolute Gasteiger partial charge is 0.309 e. The minimum absolute atomic E-state index is 0.239. The molecule has 1 N–H and O–H groups in total. The predicted molar refractivity (Wildman–Crippen MR) is 76.1 cm³/mol. The number of hydrogen-bond donors (Lipinski definition) is 1. The second kappa shape index (κ2) is 5.80.